The predicted molar refractivity (Wildman–Crippen MR) is 76.4 cm³/mol. The Bertz CT molecular complexity index is 661. The molecule has 0 saturated heterocycles. The summed E-state index contributed by atoms with van der Waals surface area (Å²) in [6, 6.07) is 11.3. The van der Waals surface area contributed by atoms with Crippen molar-refractivity contribution in [1.29, 1.82) is 0 Å². The molecule has 0 fully saturated rings. The zero-order chi connectivity index (χ0) is 15.2. The molecule has 0 aliphatic rings. The van der Waals surface area contributed by atoms with Crippen LogP contribution in [0, 0.1) is 18.6 Å². The Balaban J connectivity index is 1.93. The van der Waals surface area contributed by atoms with Gasteiger partial charge in [-0.15, -0.1) is 0 Å². The maximum atomic E-state index is 13.4. The van der Waals surface area contributed by atoms with E-state index in [1.54, 1.807) is 6.08 Å². The van der Waals surface area contributed by atoms with E-state index in [4.69, 9.17) is 4.74 Å². The molecule has 0 aliphatic carbocycles. The summed E-state index contributed by atoms with van der Waals surface area (Å²) in [7, 11) is 0. The molecule has 0 amide bonds. The second kappa shape index (κ2) is 6.79. The van der Waals surface area contributed by atoms with Crippen molar-refractivity contribution in [2.24, 2.45) is 0 Å². The fraction of sp³-hybridized carbons (Fsp3) is 0.118. The van der Waals surface area contributed by atoms with Crippen molar-refractivity contribution in [3.05, 3.63) is 76.9 Å². The van der Waals surface area contributed by atoms with E-state index in [1.807, 2.05) is 31.2 Å². The summed E-state index contributed by atoms with van der Waals surface area (Å²) in [4.78, 5) is 11.5. The van der Waals surface area contributed by atoms with Crippen LogP contribution in [0.15, 0.2) is 48.5 Å². The molecule has 0 bridgehead atoms. The average Bonchev–Trinajstić information content (AvgIpc) is 2.48. The molecule has 0 aliphatic heterocycles. The number of halogens is 2. The molecular weight excluding hydrogens is 274 g/mol. The molecule has 4 heteroatoms. The Hall–Kier alpha value is -2.49. The van der Waals surface area contributed by atoms with E-state index in [-0.39, 0.29) is 12.2 Å². The Morgan fingerprint density at radius 2 is 1.86 bits per heavy atom. The van der Waals surface area contributed by atoms with Crippen molar-refractivity contribution in [2.45, 2.75) is 13.5 Å². The maximum Gasteiger partial charge on any atom is 0.331 e. The highest BCUT2D eigenvalue weighted by atomic mass is 19.2. The van der Waals surface area contributed by atoms with Gasteiger partial charge in [0.1, 0.15) is 6.61 Å². The fourth-order valence-corrected chi connectivity index (χ4v) is 1.70. The number of rotatable bonds is 4. The number of carbonyl (C=O) groups is 1. The van der Waals surface area contributed by atoms with Crippen molar-refractivity contribution in [3.8, 4) is 0 Å². The number of aryl methyl sites for hydroxylation is 1. The summed E-state index contributed by atoms with van der Waals surface area (Å²) < 4.78 is 31.2. The monoisotopic (exact) mass is 288 g/mol. The first kappa shape index (κ1) is 14.9. The normalized spacial score (nSPS) is 10.8. The SMILES string of the molecule is Cc1ccc(/C=C/C(=O)OCc2cccc(F)c2F)cc1. The molecule has 2 aromatic carbocycles. The molecule has 0 unspecified atom stereocenters. The lowest BCUT2D eigenvalue weighted by Crippen LogP contribution is -2.03. The lowest BCUT2D eigenvalue weighted by molar-refractivity contribution is -0.139. The zero-order valence-electron chi connectivity index (χ0n) is 11.5. The largest absolute Gasteiger partial charge is 0.458 e. The molecule has 2 aromatic rings. The lowest BCUT2D eigenvalue weighted by atomic mass is 10.1. The van der Waals surface area contributed by atoms with Crippen molar-refractivity contribution in [1.82, 2.24) is 0 Å². The molecule has 0 radical (unpaired) electrons. The number of hydrogen-bond donors (Lipinski definition) is 0. The van der Waals surface area contributed by atoms with E-state index in [1.165, 1.54) is 18.2 Å². The Morgan fingerprint density at radius 3 is 2.57 bits per heavy atom. The summed E-state index contributed by atoms with van der Waals surface area (Å²) in [5, 5.41) is 0. The van der Waals surface area contributed by atoms with Crippen LogP contribution in [-0.2, 0) is 16.1 Å². The number of esters is 1. The second-order valence-electron chi connectivity index (χ2n) is 4.56. The van der Waals surface area contributed by atoms with Gasteiger partial charge in [0.15, 0.2) is 11.6 Å². The highest BCUT2D eigenvalue weighted by molar-refractivity contribution is 5.87. The molecule has 0 saturated carbocycles. The minimum atomic E-state index is -0.993. The fourth-order valence-electron chi connectivity index (χ4n) is 1.70. The van der Waals surface area contributed by atoms with Gasteiger partial charge in [-0.1, -0.05) is 42.0 Å². The van der Waals surface area contributed by atoms with Gasteiger partial charge in [0.25, 0.3) is 0 Å². The van der Waals surface area contributed by atoms with Gasteiger partial charge in [0, 0.05) is 11.6 Å². The number of benzene rings is 2. The van der Waals surface area contributed by atoms with Crippen LogP contribution >= 0.6 is 0 Å². The van der Waals surface area contributed by atoms with Gasteiger partial charge in [-0.25, -0.2) is 13.6 Å². The van der Waals surface area contributed by atoms with E-state index in [9.17, 15) is 13.6 Å². The molecular formula is C17H14F2O2. The smallest absolute Gasteiger partial charge is 0.331 e. The molecule has 0 atom stereocenters. The third-order valence-electron chi connectivity index (χ3n) is 2.89. The van der Waals surface area contributed by atoms with E-state index in [0.29, 0.717) is 0 Å². The van der Waals surface area contributed by atoms with Gasteiger partial charge in [0.2, 0.25) is 0 Å². The van der Waals surface area contributed by atoms with E-state index in [0.717, 1.165) is 17.2 Å². The van der Waals surface area contributed by atoms with Crippen LogP contribution in [0.25, 0.3) is 6.08 Å². The van der Waals surface area contributed by atoms with Gasteiger partial charge < -0.3 is 4.74 Å². The number of carbonyl (C=O) groups excluding carboxylic acids is 1. The average molecular weight is 288 g/mol. The first-order valence-corrected chi connectivity index (χ1v) is 6.40. The molecule has 21 heavy (non-hydrogen) atoms. The summed E-state index contributed by atoms with van der Waals surface area (Å²) in [5.41, 5.74) is 1.98. The maximum absolute atomic E-state index is 13.4. The minimum absolute atomic E-state index is 0.00656. The molecule has 108 valence electrons. The molecule has 0 aromatic heterocycles. The molecule has 2 rings (SSSR count). The molecule has 0 heterocycles. The molecule has 2 nitrogen and oxygen atoms in total. The van der Waals surface area contributed by atoms with Gasteiger partial charge in [-0.2, -0.15) is 0 Å². The lowest BCUT2D eigenvalue weighted by Gasteiger charge is -2.04. The molecule has 0 spiro atoms. The van der Waals surface area contributed by atoms with Crippen molar-refractivity contribution < 1.29 is 18.3 Å². The third-order valence-corrected chi connectivity index (χ3v) is 2.89. The van der Waals surface area contributed by atoms with Gasteiger partial charge in [0.05, 0.1) is 0 Å². The van der Waals surface area contributed by atoms with Crippen LogP contribution in [0.5, 0.6) is 0 Å². The minimum Gasteiger partial charge on any atom is -0.458 e. The summed E-state index contributed by atoms with van der Waals surface area (Å²) in [5.74, 6) is -2.56. The highest BCUT2D eigenvalue weighted by Crippen LogP contribution is 2.12. The van der Waals surface area contributed by atoms with E-state index >= 15 is 0 Å². The Kier molecular flexibility index (Phi) is 4.82. The quantitative estimate of drug-likeness (QED) is 0.627. The second-order valence-corrected chi connectivity index (χ2v) is 4.56. The number of hydrogen-bond acceptors (Lipinski definition) is 2. The van der Waals surface area contributed by atoms with E-state index in [2.05, 4.69) is 0 Å². The van der Waals surface area contributed by atoms with Crippen molar-refractivity contribution in [3.63, 3.8) is 0 Å². The van der Waals surface area contributed by atoms with E-state index < -0.39 is 17.6 Å². The number of ether oxygens (including phenoxy) is 1. The van der Waals surface area contributed by atoms with Gasteiger partial charge in [-0.3, -0.25) is 0 Å². The Morgan fingerprint density at radius 1 is 1.14 bits per heavy atom. The summed E-state index contributed by atoms with van der Waals surface area (Å²) in [6.45, 7) is 1.66. The standard InChI is InChI=1S/C17H14F2O2/c1-12-5-7-13(8-6-12)9-10-16(20)21-11-14-3-2-4-15(18)17(14)19/h2-10H,11H2,1H3/b10-9+. The highest BCUT2D eigenvalue weighted by Gasteiger charge is 2.08. The van der Waals surface area contributed by atoms with Crippen LogP contribution in [-0.4, -0.2) is 5.97 Å². The van der Waals surface area contributed by atoms with Crippen molar-refractivity contribution in [2.75, 3.05) is 0 Å². The third kappa shape index (κ3) is 4.24. The first-order chi connectivity index (χ1) is 10.1. The summed E-state index contributed by atoms with van der Waals surface area (Å²) in [6.07, 6.45) is 2.85. The van der Waals surface area contributed by atoms with Crippen LogP contribution < -0.4 is 0 Å². The van der Waals surface area contributed by atoms with Crippen LogP contribution in [0.2, 0.25) is 0 Å². The zero-order valence-corrected chi connectivity index (χ0v) is 11.5. The Labute approximate surface area is 121 Å². The van der Waals surface area contributed by atoms with Crippen molar-refractivity contribution >= 4 is 12.0 Å². The van der Waals surface area contributed by atoms with Gasteiger partial charge in [-0.05, 0) is 24.6 Å². The molecule has 0 N–H and O–H groups in total. The first-order valence-electron chi connectivity index (χ1n) is 6.40. The topological polar surface area (TPSA) is 26.3 Å². The summed E-state index contributed by atoms with van der Waals surface area (Å²) >= 11 is 0. The van der Waals surface area contributed by atoms with Crippen LogP contribution in [0.4, 0.5) is 8.78 Å². The van der Waals surface area contributed by atoms with Crippen LogP contribution in [0.3, 0.4) is 0 Å². The van der Waals surface area contributed by atoms with Crippen LogP contribution in [0.1, 0.15) is 16.7 Å². The van der Waals surface area contributed by atoms with Gasteiger partial charge >= 0.3 is 5.97 Å². The predicted octanol–water partition coefficient (Wildman–Crippen LogP) is 4.03.